The van der Waals surface area contributed by atoms with Crippen molar-refractivity contribution >= 4 is 22.1 Å². The van der Waals surface area contributed by atoms with Crippen LogP contribution in [0.5, 0.6) is 0 Å². The highest BCUT2D eigenvalue weighted by atomic mass is 16.1. The van der Waals surface area contributed by atoms with Crippen molar-refractivity contribution in [1.82, 2.24) is 4.40 Å². The standard InChI is InChI=1S/C26H19NO/c1-18-12-13-22-21(16-18)14-15-27-24(22)17-23(19-8-4-2-5-9-19)25(27)26(28)20-10-6-3-7-11-20/h2-17H,1H3. The summed E-state index contributed by atoms with van der Waals surface area (Å²) in [5, 5.41) is 2.33. The molecule has 0 unspecified atom stereocenters. The van der Waals surface area contributed by atoms with Crippen molar-refractivity contribution in [3.8, 4) is 11.1 Å². The zero-order chi connectivity index (χ0) is 19.1. The molecule has 0 saturated heterocycles. The molecule has 2 nitrogen and oxygen atoms in total. The van der Waals surface area contributed by atoms with E-state index in [4.69, 9.17) is 0 Å². The smallest absolute Gasteiger partial charge is 0.210 e. The summed E-state index contributed by atoms with van der Waals surface area (Å²) in [7, 11) is 0. The second kappa shape index (κ2) is 6.50. The van der Waals surface area contributed by atoms with Gasteiger partial charge in [0.05, 0.1) is 5.52 Å². The number of benzene rings is 3. The lowest BCUT2D eigenvalue weighted by Gasteiger charge is -2.08. The largest absolute Gasteiger partial charge is 0.312 e. The molecule has 0 aliphatic rings. The third kappa shape index (κ3) is 2.62. The minimum absolute atomic E-state index is 0.0333. The van der Waals surface area contributed by atoms with Crippen LogP contribution in [0.1, 0.15) is 21.6 Å². The second-order valence-electron chi connectivity index (χ2n) is 7.13. The minimum atomic E-state index is 0.0333. The molecule has 0 radical (unpaired) electrons. The van der Waals surface area contributed by atoms with Crippen molar-refractivity contribution in [3.63, 3.8) is 0 Å². The maximum absolute atomic E-state index is 13.5. The summed E-state index contributed by atoms with van der Waals surface area (Å²) in [6.45, 7) is 2.10. The molecule has 28 heavy (non-hydrogen) atoms. The van der Waals surface area contributed by atoms with E-state index in [-0.39, 0.29) is 5.78 Å². The van der Waals surface area contributed by atoms with Crippen LogP contribution < -0.4 is 0 Å². The Morgan fingerprint density at radius 3 is 2.25 bits per heavy atom. The number of nitrogens with zero attached hydrogens (tertiary/aromatic N) is 1. The van der Waals surface area contributed by atoms with Gasteiger partial charge >= 0.3 is 0 Å². The summed E-state index contributed by atoms with van der Waals surface area (Å²) in [6.07, 6.45) is 2.01. The summed E-state index contributed by atoms with van der Waals surface area (Å²) in [5.74, 6) is 0.0333. The van der Waals surface area contributed by atoms with Gasteiger partial charge in [0, 0.05) is 22.7 Å². The molecule has 0 atom stereocenters. The first-order valence-corrected chi connectivity index (χ1v) is 9.42. The topological polar surface area (TPSA) is 21.5 Å². The van der Waals surface area contributed by atoms with Gasteiger partial charge in [0.2, 0.25) is 5.78 Å². The van der Waals surface area contributed by atoms with E-state index < -0.39 is 0 Å². The lowest BCUT2D eigenvalue weighted by molar-refractivity contribution is 0.103. The van der Waals surface area contributed by atoms with Gasteiger partial charge in [-0.3, -0.25) is 4.79 Å². The molecule has 0 aliphatic heterocycles. The van der Waals surface area contributed by atoms with Gasteiger partial charge in [0.25, 0.3) is 0 Å². The molecule has 0 saturated carbocycles. The Bertz CT molecular complexity index is 1310. The number of aromatic nitrogens is 1. The average Bonchev–Trinajstić information content (AvgIpc) is 3.14. The van der Waals surface area contributed by atoms with Gasteiger partial charge in [0.1, 0.15) is 5.69 Å². The predicted octanol–water partition coefficient (Wildman–Crippen LogP) is 6.30. The predicted molar refractivity (Wildman–Crippen MR) is 115 cm³/mol. The minimum Gasteiger partial charge on any atom is -0.312 e. The molecule has 0 amide bonds. The molecule has 2 heterocycles. The Kier molecular flexibility index (Phi) is 3.84. The van der Waals surface area contributed by atoms with Crippen LogP contribution in [0.4, 0.5) is 0 Å². The molecule has 2 heteroatoms. The molecule has 5 aromatic rings. The molecule has 0 bridgehead atoms. The van der Waals surface area contributed by atoms with E-state index in [9.17, 15) is 4.79 Å². The Morgan fingerprint density at radius 2 is 1.50 bits per heavy atom. The Labute approximate surface area is 163 Å². The van der Waals surface area contributed by atoms with Crippen molar-refractivity contribution in [1.29, 1.82) is 0 Å². The molecular formula is C26H19NO. The third-order valence-corrected chi connectivity index (χ3v) is 5.26. The first-order valence-electron chi connectivity index (χ1n) is 9.42. The summed E-state index contributed by atoms with van der Waals surface area (Å²) < 4.78 is 2.04. The highest BCUT2D eigenvalue weighted by molar-refractivity contribution is 6.14. The average molecular weight is 361 g/mol. The number of hydrogen-bond acceptors (Lipinski definition) is 1. The van der Waals surface area contributed by atoms with Crippen molar-refractivity contribution in [3.05, 3.63) is 114 Å². The second-order valence-corrected chi connectivity index (χ2v) is 7.13. The van der Waals surface area contributed by atoms with Crippen LogP contribution in [0.3, 0.4) is 0 Å². The van der Waals surface area contributed by atoms with Gasteiger partial charge in [-0.1, -0.05) is 84.4 Å². The van der Waals surface area contributed by atoms with E-state index in [0.717, 1.165) is 22.0 Å². The van der Waals surface area contributed by atoms with E-state index in [1.54, 1.807) is 0 Å². The molecule has 0 spiro atoms. The molecule has 0 aliphatic carbocycles. The van der Waals surface area contributed by atoms with Crippen LogP contribution in [-0.4, -0.2) is 10.2 Å². The third-order valence-electron chi connectivity index (χ3n) is 5.26. The Balaban J connectivity index is 1.86. The van der Waals surface area contributed by atoms with Gasteiger partial charge in [-0.25, -0.2) is 0 Å². The fourth-order valence-corrected chi connectivity index (χ4v) is 3.89. The van der Waals surface area contributed by atoms with Crippen LogP contribution in [0.15, 0.2) is 97.2 Å². The van der Waals surface area contributed by atoms with Crippen molar-refractivity contribution < 1.29 is 4.79 Å². The van der Waals surface area contributed by atoms with Crippen LogP contribution in [0, 0.1) is 6.92 Å². The van der Waals surface area contributed by atoms with Crippen molar-refractivity contribution in [2.24, 2.45) is 0 Å². The van der Waals surface area contributed by atoms with Crippen LogP contribution in [-0.2, 0) is 0 Å². The first kappa shape index (κ1) is 16.5. The van der Waals surface area contributed by atoms with Crippen LogP contribution in [0.25, 0.3) is 27.4 Å². The number of rotatable bonds is 3. The van der Waals surface area contributed by atoms with Gasteiger partial charge in [0.15, 0.2) is 0 Å². The monoisotopic (exact) mass is 361 g/mol. The molecular weight excluding hydrogens is 342 g/mol. The maximum atomic E-state index is 13.5. The van der Waals surface area contributed by atoms with E-state index in [1.807, 2.05) is 59.1 Å². The number of aryl methyl sites for hydroxylation is 1. The van der Waals surface area contributed by atoms with Crippen molar-refractivity contribution in [2.45, 2.75) is 6.92 Å². The zero-order valence-electron chi connectivity index (χ0n) is 15.6. The summed E-state index contributed by atoms with van der Waals surface area (Å²) >= 11 is 0. The summed E-state index contributed by atoms with van der Waals surface area (Å²) in [4.78, 5) is 13.5. The molecule has 0 fully saturated rings. The van der Waals surface area contributed by atoms with E-state index in [1.165, 1.54) is 10.9 Å². The summed E-state index contributed by atoms with van der Waals surface area (Å²) in [6, 6.07) is 30.3. The fourth-order valence-electron chi connectivity index (χ4n) is 3.89. The van der Waals surface area contributed by atoms with E-state index in [0.29, 0.717) is 11.3 Å². The lowest BCUT2D eigenvalue weighted by atomic mass is 10.0. The number of ketones is 1. The van der Waals surface area contributed by atoms with Gasteiger partial charge in [-0.05, 0) is 30.0 Å². The highest BCUT2D eigenvalue weighted by Crippen LogP contribution is 2.33. The van der Waals surface area contributed by atoms with Crippen LogP contribution in [0.2, 0.25) is 0 Å². The van der Waals surface area contributed by atoms with Crippen LogP contribution >= 0.6 is 0 Å². The Morgan fingerprint density at radius 1 is 0.786 bits per heavy atom. The normalized spacial score (nSPS) is 11.2. The lowest BCUT2D eigenvalue weighted by Crippen LogP contribution is -2.06. The number of carbonyl (C=O) groups excluding carboxylic acids is 1. The number of pyridine rings is 1. The molecule has 0 N–H and O–H groups in total. The number of fused-ring (bicyclic) bond motifs is 3. The molecule has 2 aromatic heterocycles. The number of carbonyl (C=O) groups is 1. The fraction of sp³-hybridized carbons (Fsp3) is 0.0385. The SMILES string of the molecule is Cc1ccc2c(ccn3c(C(=O)c4ccccc4)c(-c4ccccc4)cc23)c1. The summed E-state index contributed by atoms with van der Waals surface area (Å²) in [5.41, 5.74) is 5.69. The van der Waals surface area contributed by atoms with Gasteiger partial charge in [-0.15, -0.1) is 0 Å². The quantitative estimate of drug-likeness (QED) is 0.346. The van der Waals surface area contributed by atoms with Gasteiger partial charge < -0.3 is 4.40 Å². The first-order chi connectivity index (χ1) is 13.7. The number of hydrogen-bond donors (Lipinski definition) is 0. The zero-order valence-corrected chi connectivity index (χ0v) is 15.6. The van der Waals surface area contributed by atoms with E-state index >= 15 is 0 Å². The highest BCUT2D eigenvalue weighted by Gasteiger charge is 2.21. The molecule has 134 valence electrons. The van der Waals surface area contributed by atoms with E-state index in [2.05, 4.69) is 49.4 Å². The van der Waals surface area contributed by atoms with Crippen molar-refractivity contribution in [2.75, 3.05) is 0 Å². The molecule has 3 aromatic carbocycles. The van der Waals surface area contributed by atoms with Gasteiger partial charge in [-0.2, -0.15) is 0 Å². The molecule has 5 rings (SSSR count). The maximum Gasteiger partial charge on any atom is 0.210 e. The Hall–Kier alpha value is -3.65.